The number of ketones is 1. The maximum absolute atomic E-state index is 12.5. The lowest BCUT2D eigenvalue weighted by atomic mass is 10.1. The summed E-state index contributed by atoms with van der Waals surface area (Å²) in [4.78, 5) is 25.5. The number of benzene rings is 2. The average molecular weight is 386 g/mol. The monoisotopic (exact) mass is 386 g/mol. The van der Waals surface area contributed by atoms with Gasteiger partial charge in [0.1, 0.15) is 5.75 Å². The molecule has 1 aliphatic rings. The molecule has 0 saturated carbocycles. The zero-order chi connectivity index (χ0) is 19.1. The lowest BCUT2D eigenvalue weighted by molar-refractivity contribution is 0.0471. The van der Waals surface area contributed by atoms with Crippen LogP contribution in [0.3, 0.4) is 0 Å². The van der Waals surface area contributed by atoms with E-state index in [4.69, 9.17) is 14.2 Å². The second-order valence-corrected chi connectivity index (χ2v) is 7.23. The van der Waals surface area contributed by atoms with Crippen LogP contribution < -0.4 is 4.74 Å². The van der Waals surface area contributed by atoms with Crippen molar-refractivity contribution in [2.24, 2.45) is 0 Å². The van der Waals surface area contributed by atoms with Gasteiger partial charge in [0.05, 0.1) is 18.8 Å². The Hall–Kier alpha value is -2.31. The van der Waals surface area contributed by atoms with Crippen LogP contribution in [0.15, 0.2) is 53.4 Å². The van der Waals surface area contributed by atoms with E-state index in [1.165, 1.54) is 0 Å². The maximum atomic E-state index is 12.5. The van der Waals surface area contributed by atoms with Crippen molar-refractivity contribution in [3.63, 3.8) is 0 Å². The summed E-state index contributed by atoms with van der Waals surface area (Å²) in [6, 6.07) is 14.0. The molecule has 0 unspecified atom stereocenters. The third-order valence-corrected chi connectivity index (χ3v) is 5.51. The van der Waals surface area contributed by atoms with Gasteiger partial charge < -0.3 is 14.2 Å². The molecule has 0 radical (unpaired) electrons. The van der Waals surface area contributed by atoms with E-state index >= 15 is 0 Å². The molecular formula is C21H22O5S. The number of carbonyl (C=O) groups is 2. The topological polar surface area (TPSA) is 61.8 Å². The quantitative estimate of drug-likeness (QED) is 0.388. The van der Waals surface area contributed by atoms with Crippen molar-refractivity contribution in [1.82, 2.24) is 0 Å². The van der Waals surface area contributed by atoms with Gasteiger partial charge in [-0.3, -0.25) is 4.79 Å². The van der Waals surface area contributed by atoms with E-state index in [0.717, 1.165) is 30.1 Å². The zero-order valence-corrected chi connectivity index (χ0v) is 16.0. The Morgan fingerprint density at radius 2 is 1.93 bits per heavy atom. The predicted molar refractivity (Wildman–Crippen MR) is 104 cm³/mol. The van der Waals surface area contributed by atoms with Gasteiger partial charge >= 0.3 is 5.97 Å². The van der Waals surface area contributed by atoms with Crippen LogP contribution in [0.4, 0.5) is 0 Å². The summed E-state index contributed by atoms with van der Waals surface area (Å²) >= 11 is 1.58. The molecule has 0 spiro atoms. The fourth-order valence-corrected chi connectivity index (χ4v) is 3.90. The van der Waals surface area contributed by atoms with Crippen molar-refractivity contribution in [1.29, 1.82) is 0 Å². The molecule has 0 aromatic heterocycles. The second-order valence-electron chi connectivity index (χ2n) is 6.17. The van der Waals surface area contributed by atoms with Gasteiger partial charge in [0.2, 0.25) is 0 Å². The van der Waals surface area contributed by atoms with Crippen molar-refractivity contribution in [2.45, 2.75) is 23.8 Å². The van der Waals surface area contributed by atoms with Crippen molar-refractivity contribution in [3.05, 3.63) is 59.7 Å². The number of esters is 1. The number of carbonyl (C=O) groups excluding carboxylic acids is 2. The van der Waals surface area contributed by atoms with Crippen LogP contribution in [-0.4, -0.2) is 43.9 Å². The van der Waals surface area contributed by atoms with Gasteiger partial charge in [0, 0.05) is 22.8 Å². The van der Waals surface area contributed by atoms with E-state index in [0.29, 0.717) is 16.9 Å². The highest BCUT2D eigenvalue weighted by molar-refractivity contribution is 7.99. The summed E-state index contributed by atoms with van der Waals surface area (Å²) in [5, 5.41) is 0. The molecule has 1 heterocycles. The van der Waals surface area contributed by atoms with Crippen LogP contribution >= 0.6 is 11.8 Å². The van der Waals surface area contributed by atoms with Crippen LogP contribution in [-0.2, 0) is 9.47 Å². The number of hydrogen-bond acceptors (Lipinski definition) is 6. The van der Waals surface area contributed by atoms with Gasteiger partial charge in [-0.05, 0) is 49.2 Å². The second kappa shape index (κ2) is 9.58. The van der Waals surface area contributed by atoms with Gasteiger partial charge in [0.15, 0.2) is 12.4 Å². The molecule has 1 fully saturated rings. The molecule has 1 aliphatic heterocycles. The molecule has 2 aromatic carbocycles. The fourth-order valence-electron chi connectivity index (χ4n) is 2.79. The molecule has 142 valence electrons. The third kappa shape index (κ3) is 5.34. The van der Waals surface area contributed by atoms with E-state index in [1.807, 2.05) is 12.1 Å². The van der Waals surface area contributed by atoms with Crippen LogP contribution in [0.1, 0.15) is 33.6 Å². The van der Waals surface area contributed by atoms with Crippen LogP contribution in [0.2, 0.25) is 0 Å². The fraction of sp³-hybridized carbons (Fsp3) is 0.333. The molecule has 0 bridgehead atoms. The van der Waals surface area contributed by atoms with E-state index in [9.17, 15) is 9.59 Å². The summed E-state index contributed by atoms with van der Waals surface area (Å²) in [5.74, 6) is 0.721. The third-order valence-electron chi connectivity index (χ3n) is 4.30. The van der Waals surface area contributed by atoms with Gasteiger partial charge in [-0.2, -0.15) is 0 Å². The first kappa shape index (κ1) is 19.5. The number of rotatable bonds is 8. The van der Waals surface area contributed by atoms with Crippen molar-refractivity contribution in [2.75, 3.05) is 26.1 Å². The molecule has 1 atom stereocenters. The summed E-state index contributed by atoms with van der Waals surface area (Å²) in [6.45, 7) is 0.512. The minimum Gasteiger partial charge on any atom is -0.497 e. The number of thioether (sulfide) groups is 1. The maximum Gasteiger partial charge on any atom is 0.339 e. The predicted octanol–water partition coefficient (Wildman–Crippen LogP) is 4.01. The van der Waals surface area contributed by atoms with E-state index < -0.39 is 5.97 Å². The van der Waals surface area contributed by atoms with Crippen molar-refractivity contribution >= 4 is 23.5 Å². The van der Waals surface area contributed by atoms with Gasteiger partial charge in [-0.1, -0.05) is 12.1 Å². The molecule has 2 aromatic rings. The van der Waals surface area contributed by atoms with Gasteiger partial charge in [-0.25, -0.2) is 4.79 Å². The van der Waals surface area contributed by atoms with E-state index in [1.54, 1.807) is 55.3 Å². The lowest BCUT2D eigenvalue weighted by Crippen LogP contribution is -2.15. The summed E-state index contributed by atoms with van der Waals surface area (Å²) in [5.41, 5.74) is 0.952. The molecule has 6 heteroatoms. The molecular weight excluding hydrogens is 364 g/mol. The number of Topliss-reactive ketones (excluding diaryl/α,β-unsaturated/α-hetero) is 1. The van der Waals surface area contributed by atoms with E-state index in [-0.39, 0.29) is 18.5 Å². The minimum atomic E-state index is -0.493. The molecule has 27 heavy (non-hydrogen) atoms. The Labute approximate surface area is 163 Å². The Balaban J connectivity index is 1.57. The Bertz CT molecular complexity index is 781. The van der Waals surface area contributed by atoms with Crippen LogP contribution in [0, 0.1) is 0 Å². The average Bonchev–Trinajstić information content (AvgIpc) is 3.24. The number of ether oxygens (including phenoxy) is 3. The number of methoxy groups -OCH3 is 1. The van der Waals surface area contributed by atoms with Crippen molar-refractivity contribution < 1.29 is 23.8 Å². The SMILES string of the molecule is COc1ccc(C(=O)COC(=O)c2ccccc2SC[C@H]2CCCO2)cc1. The Morgan fingerprint density at radius 3 is 2.63 bits per heavy atom. The van der Waals surface area contributed by atoms with Gasteiger partial charge in [-0.15, -0.1) is 11.8 Å². The lowest BCUT2D eigenvalue weighted by Gasteiger charge is -2.12. The smallest absolute Gasteiger partial charge is 0.339 e. The molecule has 5 nitrogen and oxygen atoms in total. The number of hydrogen-bond donors (Lipinski definition) is 0. The normalized spacial score (nSPS) is 16.1. The molecule has 0 aliphatic carbocycles. The van der Waals surface area contributed by atoms with Crippen molar-refractivity contribution in [3.8, 4) is 5.75 Å². The molecule has 0 N–H and O–H groups in total. The van der Waals surface area contributed by atoms with E-state index in [2.05, 4.69) is 0 Å². The highest BCUT2D eigenvalue weighted by Crippen LogP contribution is 2.27. The van der Waals surface area contributed by atoms with Crippen LogP contribution in [0.5, 0.6) is 5.75 Å². The highest BCUT2D eigenvalue weighted by Gasteiger charge is 2.19. The Morgan fingerprint density at radius 1 is 1.15 bits per heavy atom. The largest absolute Gasteiger partial charge is 0.497 e. The zero-order valence-electron chi connectivity index (χ0n) is 15.2. The summed E-state index contributed by atoms with van der Waals surface area (Å²) in [7, 11) is 1.56. The first-order chi connectivity index (χ1) is 13.2. The summed E-state index contributed by atoms with van der Waals surface area (Å²) in [6.07, 6.45) is 2.37. The minimum absolute atomic E-state index is 0.232. The first-order valence-corrected chi connectivity index (χ1v) is 9.83. The molecule has 3 rings (SSSR count). The standard InChI is InChI=1S/C21H22O5S/c1-24-16-10-8-15(9-11-16)19(22)13-26-21(23)18-6-2-3-7-20(18)27-14-17-5-4-12-25-17/h2-3,6-11,17H,4-5,12-14H2,1H3/t17-/m1/s1. The molecule has 0 amide bonds. The van der Waals surface area contributed by atoms with Gasteiger partial charge in [0.25, 0.3) is 0 Å². The van der Waals surface area contributed by atoms with Crippen LogP contribution in [0.25, 0.3) is 0 Å². The molecule has 1 saturated heterocycles. The summed E-state index contributed by atoms with van der Waals surface area (Å²) < 4.78 is 15.9. The highest BCUT2D eigenvalue weighted by atomic mass is 32.2. The first-order valence-electron chi connectivity index (χ1n) is 8.85. The Kier molecular flexibility index (Phi) is 6.90.